The number of carbonyl (C=O) groups excluding carboxylic acids is 2. The number of hydrazine groups is 1. The summed E-state index contributed by atoms with van der Waals surface area (Å²) in [5, 5.41) is 2.77. The predicted molar refractivity (Wildman–Crippen MR) is 133 cm³/mol. The van der Waals surface area contributed by atoms with Crippen molar-refractivity contribution in [1.82, 2.24) is 10.7 Å². The van der Waals surface area contributed by atoms with Crippen molar-refractivity contribution in [3.63, 3.8) is 0 Å². The zero-order chi connectivity index (χ0) is 25.5. The van der Waals surface area contributed by atoms with Crippen molar-refractivity contribution in [2.45, 2.75) is 45.5 Å². The number of ether oxygens (including phenoxy) is 2. The molecular formula is C25H32BN3O6. The molecule has 3 rings (SSSR count). The molecule has 0 unspecified atom stereocenters. The molecule has 1 saturated heterocycles. The van der Waals surface area contributed by atoms with Gasteiger partial charge in [0.05, 0.1) is 11.2 Å². The molecule has 9 nitrogen and oxygen atoms in total. The molecule has 0 aromatic heterocycles. The summed E-state index contributed by atoms with van der Waals surface area (Å²) in [4.78, 5) is 23.9. The van der Waals surface area contributed by atoms with E-state index in [1.54, 1.807) is 12.1 Å². The molecule has 0 bridgehead atoms. The second-order valence-corrected chi connectivity index (χ2v) is 9.12. The van der Waals surface area contributed by atoms with Gasteiger partial charge in [-0.1, -0.05) is 54.6 Å². The maximum Gasteiger partial charge on any atom is 0.492 e. The zero-order valence-corrected chi connectivity index (χ0v) is 20.5. The highest BCUT2D eigenvalue weighted by Gasteiger charge is 2.52. The third kappa shape index (κ3) is 7.08. The Hall–Kier alpha value is -3.34. The van der Waals surface area contributed by atoms with Crippen molar-refractivity contribution < 1.29 is 28.4 Å². The minimum Gasteiger partial charge on any atom is -0.483 e. The smallest absolute Gasteiger partial charge is 0.483 e. The van der Waals surface area contributed by atoms with Crippen LogP contribution in [0.1, 0.15) is 38.8 Å². The van der Waals surface area contributed by atoms with Crippen molar-refractivity contribution in [3.8, 4) is 5.75 Å². The monoisotopic (exact) mass is 481 g/mol. The Morgan fingerprint density at radius 1 is 1.00 bits per heavy atom. The Balaban J connectivity index is 1.78. The van der Waals surface area contributed by atoms with Crippen LogP contribution in [-0.4, -0.2) is 43.5 Å². The molecule has 0 spiro atoms. The summed E-state index contributed by atoms with van der Waals surface area (Å²) in [5.74, 6) is 5.15. The van der Waals surface area contributed by atoms with E-state index in [1.807, 2.05) is 81.7 Å². The van der Waals surface area contributed by atoms with Gasteiger partial charge in [0, 0.05) is 12.1 Å². The van der Waals surface area contributed by atoms with Crippen LogP contribution in [0.5, 0.6) is 5.75 Å². The van der Waals surface area contributed by atoms with E-state index >= 15 is 0 Å². The Kier molecular flexibility index (Phi) is 8.55. The van der Waals surface area contributed by atoms with Gasteiger partial charge in [-0.05, 0) is 44.8 Å². The lowest BCUT2D eigenvalue weighted by atomic mass is 9.77. The van der Waals surface area contributed by atoms with Gasteiger partial charge in [-0.15, -0.1) is 0 Å². The lowest BCUT2D eigenvalue weighted by Crippen LogP contribution is -2.41. The number of rotatable bonds is 9. The molecule has 1 aliphatic rings. The van der Waals surface area contributed by atoms with E-state index in [2.05, 4.69) is 5.32 Å². The highest BCUT2D eigenvalue weighted by molar-refractivity contribution is 6.56. The van der Waals surface area contributed by atoms with Crippen LogP contribution in [0.4, 0.5) is 4.79 Å². The number of carbonyl (C=O) groups is 2. The maximum atomic E-state index is 12.4. The van der Waals surface area contributed by atoms with E-state index in [4.69, 9.17) is 24.6 Å². The molecule has 1 heterocycles. The second-order valence-electron chi connectivity index (χ2n) is 9.12. The van der Waals surface area contributed by atoms with Gasteiger partial charge < -0.3 is 24.1 Å². The molecule has 186 valence electrons. The Bertz CT molecular complexity index is 1040. The largest absolute Gasteiger partial charge is 0.492 e. The highest BCUT2D eigenvalue weighted by Crippen LogP contribution is 2.39. The van der Waals surface area contributed by atoms with E-state index in [0.29, 0.717) is 16.8 Å². The van der Waals surface area contributed by atoms with Crippen LogP contribution in [0.3, 0.4) is 0 Å². The average molecular weight is 481 g/mol. The van der Waals surface area contributed by atoms with E-state index in [1.165, 1.54) is 0 Å². The fourth-order valence-electron chi connectivity index (χ4n) is 3.26. The lowest BCUT2D eigenvalue weighted by Gasteiger charge is -2.32. The number of alkyl carbamates (subject to hydrolysis) is 1. The molecule has 0 atom stereocenters. The van der Waals surface area contributed by atoms with Crippen molar-refractivity contribution in [1.29, 1.82) is 0 Å². The molecule has 4 N–H and O–H groups in total. The quantitative estimate of drug-likeness (QED) is 0.218. The third-order valence-electron chi connectivity index (χ3n) is 5.99. The summed E-state index contributed by atoms with van der Waals surface area (Å²) in [6.07, 6.45) is 1.25. The SMILES string of the molecule is CC1(C)OB(C(=Cc2ccccc2OCC(=O)NN)CNC(=O)OCc2ccccc2)OC1(C)C. The van der Waals surface area contributed by atoms with Gasteiger partial charge in [-0.3, -0.25) is 10.2 Å². The number of benzene rings is 2. The third-order valence-corrected chi connectivity index (χ3v) is 5.99. The first-order valence-electron chi connectivity index (χ1n) is 11.3. The van der Waals surface area contributed by atoms with E-state index in [9.17, 15) is 9.59 Å². The first-order chi connectivity index (χ1) is 16.6. The molecule has 0 aliphatic carbocycles. The molecule has 10 heteroatoms. The lowest BCUT2D eigenvalue weighted by molar-refractivity contribution is -0.123. The molecule has 2 amide bonds. The summed E-state index contributed by atoms with van der Waals surface area (Å²) in [7, 11) is -0.713. The van der Waals surface area contributed by atoms with Crippen LogP contribution >= 0.6 is 0 Å². The second kappa shape index (κ2) is 11.4. The minimum atomic E-state index is -0.713. The molecule has 0 radical (unpaired) electrons. The first-order valence-corrected chi connectivity index (χ1v) is 11.3. The van der Waals surface area contributed by atoms with Crippen LogP contribution in [0.25, 0.3) is 6.08 Å². The van der Waals surface area contributed by atoms with Gasteiger partial charge in [-0.25, -0.2) is 10.6 Å². The molecule has 2 aromatic rings. The van der Waals surface area contributed by atoms with Crippen molar-refractivity contribution in [2.75, 3.05) is 13.2 Å². The van der Waals surface area contributed by atoms with Gasteiger partial charge >= 0.3 is 13.2 Å². The van der Waals surface area contributed by atoms with Gasteiger partial charge in [0.1, 0.15) is 12.4 Å². The van der Waals surface area contributed by atoms with Crippen molar-refractivity contribution >= 4 is 25.2 Å². The number of nitrogens with two attached hydrogens (primary N) is 1. The fraction of sp³-hybridized carbons (Fsp3) is 0.360. The van der Waals surface area contributed by atoms with Gasteiger partial charge in [-0.2, -0.15) is 0 Å². The molecule has 0 saturated carbocycles. The number of hydrogen-bond donors (Lipinski definition) is 3. The molecule has 1 aliphatic heterocycles. The molecule has 1 fully saturated rings. The first kappa shape index (κ1) is 26.3. The number of amides is 2. The predicted octanol–water partition coefficient (Wildman–Crippen LogP) is 3.00. The molecule has 2 aromatic carbocycles. The number of nitrogens with one attached hydrogen (secondary N) is 2. The van der Waals surface area contributed by atoms with Gasteiger partial charge in [0.25, 0.3) is 5.91 Å². The van der Waals surface area contributed by atoms with Crippen LogP contribution in [0.15, 0.2) is 60.1 Å². The van der Waals surface area contributed by atoms with E-state index in [0.717, 1.165) is 5.56 Å². The van der Waals surface area contributed by atoms with Crippen molar-refractivity contribution in [2.24, 2.45) is 5.84 Å². The maximum absolute atomic E-state index is 12.4. The summed E-state index contributed by atoms with van der Waals surface area (Å²) in [6.45, 7) is 7.84. The number of hydrogen-bond acceptors (Lipinski definition) is 7. The van der Waals surface area contributed by atoms with Crippen LogP contribution in [0, 0.1) is 0 Å². The van der Waals surface area contributed by atoms with Gasteiger partial charge in [0.2, 0.25) is 0 Å². The van der Waals surface area contributed by atoms with Crippen LogP contribution < -0.4 is 21.3 Å². The molecule has 35 heavy (non-hydrogen) atoms. The highest BCUT2D eigenvalue weighted by atomic mass is 16.7. The van der Waals surface area contributed by atoms with Gasteiger partial charge in [0.15, 0.2) is 6.61 Å². The Morgan fingerprint density at radius 2 is 1.63 bits per heavy atom. The minimum absolute atomic E-state index is 0.113. The molecular weight excluding hydrogens is 449 g/mol. The fourth-order valence-corrected chi connectivity index (χ4v) is 3.26. The Morgan fingerprint density at radius 3 is 2.29 bits per heavy atom. The summed E-state index contributed by atoms with van der Waals surface area (Å²) in [6, 6.07) is 16.6. The van der Waals surface area contributed by atoms with Crippen LogP contribution in [0.2, 0.25) is 0 Å². The topological polar surface area (TPSA) is 121 Å². The average Bonchev–Trinajstić information content (AvgIpc) is 3.06. The van der Waals surface area contributed by atoms with E-state index in [-0.39, 0.29) is 19.8 Å². The van der Waals surface area contributed by atoms with Crippen LogP contribution in [-0.2, 0) is 25.4 Å². The number of para-hydroxylation sites is 1. The zero-order valence-electron chi connectivity index (χ0n) is 20.5. The van der Waals surface area contributed by atoms with Crippen molar-refractivity contribution in [3.05, 3.63) is 71.2 Å². The summed E-state index contributed by atoms with van der Waals surface area (Å²) < 4.78 is 23.4. The standard InChI is InChI=1S/C25H32BN3O6/c1-24(2)25(3,4)35-26(34-24)20(15-28-23(31)33-16-18-10-6-5-7-11-18)14-19-12-8-9-13-21(19)32-17-22(30)29-27/h5-14H,15-17,27H2,1-4H3,(H,28,31)(H,29,30). The summed E-state index contributed by atoms with van der Waals surface area (Å²) in [5.41, 5.74) is 3.12. The Labute approximate surface area is 206 Å². The summed E-state index contributed by atoms with van der Waals surface area (Å²) >= 11 is 0. The van der Waals surface area contributed by atoms with E-state index < -0.39 is 30.3 Å². The normalized spacial score (nSPS) is 16.5.